The SMILES string of the molecule is C1=COON=C1.O=S(=O)(Cl)Cl. The zero-order valence-electron chi connectivity index (χ0n) is 4.98. The molecule has 1 aliphatic rings. The van der Waals surface area contributed by atoms with Gasteiger partial charge in [-0.05, 0) is 11.2 Å². The van der Waals surface area contributed by atoms with Gasteiger partial charge >= 0.3 is 8.26 Å². The summed E-state index contributed by atoms with van der Waals surface area (Å²) in [5, 5.41) is 3.24. The number of allylic oxidation sites excluding steroid dienone is 1. The van der Waals surface area contributed by atoms with Crippen LogP contribution in [0, 0.1) is 0 Å². The average molecular weight is 220 g/mol. The van der Waals surface area contributed by atoms with Gasteiger partial charge in [-0.3, -0.25) is 4.89 Å². The van der Waals surface area contributed by atoms with Crippen LogP contribution in [0.15, 0.2) is 17.5 Å². The van der Waals surface area contributed by atoms with Crippen molar-refractivity contribution in [2.75, 3.05) is 0 Å². The monoisotopic (exact) mass is 219 g/mol. The quantitative estimate of drug-likeness (QED) is 0.453. The molecule has 0 spiro atoms. The standard InChI is InChI=1S/C3H3NO2.Cl2O2S/c1-2-4-6-5-3-1;1-5(2,3)4/h1-3H;. The summed E-state index contributed by atoms with van der Waals surface area (Å²) in [6.45, 7) is 0. The van der Waals surface area contributed by atoms with Crippen LogP contribution in [0.25, 0.3) is 0 Å². The molecule has 0 saturated heterocycles. The van der Waals surface area contributed by atoms with Crippen molar-refractivity contribution < 1.29 is 18.3 Å². The molecular weight excluding hydrogens is 217 g/mol. The molecule has 8 heteroatoms. The molecule has 0 aromatic rings. The van der Waals surface area contributed by atoms with Crippen molar-refractivity contribution in [3.05, 3.63) is 12.3 Å². The minimum atomic E-state index is -3.72. The lowest BCUT2D eigenvalue weighted by Gasteiger charge is -1.92. The first-order valence-corrected chi connectivity index (χ1v) is 5.29. The number of hydrogen-bond acceptors (Lipinski definition) is 5. The van der Waals surface area contributed by atoms with Crippen molar-refractivity contribution in [1.29, 1.82) is 0 Å². The van der Waals surface area contributed by atoms with E-state index < -0.39 is 8.26 Å². The van der Waals surface area contributed by atoms with E-state index in [4.69, 9.17) is 8.42 Å². The van der Waals surface area contributed by atoms with Gasteiger partial charge in [0.2, 0.25) is 0 Å². The molecule has 0 bridgehead atoms. The molecule has 1 aliphatic heterocycles. The van der Waals surface area contributed by atoms with E-state index in [2.05, 4.69) is 36.4 Å². The van der Waals surface area contributed by atoms with Gasteiger partial charge in [-0.1, -0.05) is 0 Å². The first-order chi connectivity index (χ1) is 5.00. The maximum atomic E-state index is 9.16. The van der Waals surface area contributed by atoms with Gasteiger partial charge in [0.05, 0.1) is 6.21 Å². The zero-order chi connectivity index (χ0) is 8.74. The number of hydrogen-bond donors (Lipinski definition) is 0. The van der Waals surface area contributed by atoms with Crippen LogP contribution in [-0.2, 0) is 18.1 Å². The molecule has 0 saturated carbocycles. The Bertz CT molecular complexity index is 226. The summed E-state index contributed by atoms with van der Waals surface area (Å²) < 4.78 is 18.3. The highest BCUT2D eigenvalue weighted by Crippen LogP contribution is 1.98. The Morgan fingerprint density at radius 2 is 1.91 bits per heavy atom. The molecule has 5 nitrogen and oxygen atoms in total. The first kappa shape index (κ1) is 10.5. The summed E-state index contributed by atoms with van der Waals surface area (Å²) in [5.41, 5.74) is 0. The van der Waals surface area contributed by atoms with Crippen molar-refractivity contribution in [1.82, 2.24) is 0 Å². The van der Waals surface area contributed by atoms with Crippen LogP contribution >= 0.6 is 21.4 Å². The zero-order valence-corrected chi connectivity index (χ0v) is 7.30. The van der Waals surface area contributed by atoms with Crippen molar-refractivity contribution in [3.63, 3.8) is 0 Å². The van der Waals surface area contributed by atoms with Crippen LogP contribution in [0.4, 0.5) is 0 Å². The molecule has 1 rings (SSSR count). The van der Waals surface area contributed by atoms with E-state index in [0.717, 1.165) is 0 Å². The van der Waals surface area contributed by atoms with Crippen molar-refractivity contribution >= 4 is 35.8 Å². The Labute approximate surface area is 72.0 Å². The van der Waals surface area contributed by atoms with Gasteiger partial charge in [-0.2, -0.15) is 13.4 Å². The summed E-state index contributed by atoms with van der Waals surface area (Å²) >= 11 is 0. The second kappa shape index (κ2) is 5.22. The molecule has 0 N–H and O–H groups in total. The van der Waals surface area contributed by atoms with E-state index >= 15 is 0 Å². The fourth-order valence-corrected chi connectivity index (χ4v) is 0.177. The van der Waals surface area contributed by atoms with E-state index in [1.165, 1.54) is 12.5 Å². The lowest BCUT2D eigenvalue weighted by atomic mass is 10.7. The highest BCUT2D eigenvalue weighted by molar-refractivity contribution is 8.31. The second-order valence-corrected chi connectivity index (χ2v) is 4.80. The molecule has 0 aliphatic carbocycles. The predicted molar refractivity (Wildman–Crippen MR) is 40.4 cm³/mol. The number of nitrogens with zero attached hydrogens (tertiary/aromatic N) is 1. The van der Waals surface area contributed by atoms with Gasteiger partial charge < -0.3 is 0 Å². The maximum absolute atomic E-state index is 9.16. The lowest BCUT2D eigenvalue weighted by Crippen LogP contribution is -1.82. The summed E-state index contributed by atoms with van der Waals surface area (Å²) in [5.74, 6) is 0. The molecule has 0 aromatic carbocycles. The third-order valence-electron chi connectivity index (χ3n) is 0.367. The third-order valence-corrected chi connectivity index (χ3v) is 0.367. The summed E-state index contributed by atoms with van der Waals surface area (Å²) in [6, 6.07) is 0. The van der Waals surface area contributed by atoms with Crippen molar-refractivity contribution in [2.45, 2.75) is 0 Å². The number of halogens is 2. The van der Waals surface area contributed by atoms with Crippen molar-refractivity contribution in [2.24, 2.45) is 5.16 Å². The van der Waals surface area contributed by atoms with Gasteiger partial charge in [-0.15, -0.1) is 0 Å². The molecular formula is C3H3Cl2NO4S. The molecule has 11 heavy (non-hydrogen) atoms. The summed E-state index contributed by atoms with van der Waals surface area (Å²) in [7, 11) is 4.81. The Balaban J connectivity index is 0.000000187. The Kier molecular flexibility index (Phi) is 5.01. The van der Waals surface area contributed by atoms with Gasteiger partial charge in [0.25, 0.3) is 0 Å². The van der Waals surface area contributed by atoms with Crippen LogP contribution in [0.2, 0.25) is 0 Å². The minimum Gasteiger partial charge on any atom is -0.275 e. The highest BCUT2D eigenvalue weighted by Gasteiger charge is 1.88. The molecule has 1 heterocycles. The molecule has 64 valence electrons. The fraction of sp³-hybridized carbons (Fsp3) is 0. The third kappa shape index (κ3) is 17.7. The van der Waals surface area contributed by atoms with Crippen LogP contribution in [0.1, 0.15) is 0 Å². The van der Waals surface area contributed by atoms with Gasteiger partial charge in [0.1, 0.15) is 6.26 Å². The van der Waals surface area contributed by atoms with E-state index in [9.17, 15) is 0 Å². The molecule has 0 unspecified atom stereocenters. The normalized spacial score (nSPS) is 14.0. The van der Waals surface area contributed by atoms with E-state index in [-0.39, 0.29) is 0 Å². The Morgan fingerprint density at radius 3 is 2.00 bits per heavy atom. The summed E-state index contributed by atoms with van der Waals surface area (Å²) in [6.07, 6.45) is 4.51. The number of rotatable bonds is 0. The Morgan fingerprint density at radius 1 is 1.36 bits per heavy atom. The summed E-state index contributed by atoms with van der Waals surface area (Å²) in [4.78, 5) is 8.24. The van der Waals surface area contributed by atoms with Crippen molar-refractivity contribution in [3.8, 4) is 0 Å². The van der Waals surface area contributed by atoms with E-state index in [0.29, 0.717) is 0 Å². The molecule has 0 amide bonds. The van der Waals surface area contributed by atoms with E-state index in [1.54, 1.807) is 6.08 Å². The van der Waals surface area contributed by atoms with Gasteiger partial charge in [0.15, 0.2) is 0 Å². The van der Waals surface area contributed by atoms with E-state index in [1.807, 2.05) is 0 Å². The van der Waals surface area contributed by atoms with Crippen LogP contribution < -0.4 is 0 Å². The van der Waals surface area contributed by atoms with Crippen LogP contribution in [0.5, 0.6) is 0 Å². The fourth-order valence-electron chi connectivity index (χ4n) is 0.177. The van der Waals surface area contributed by atoms with Crippen LogP contribution in [0.3, 0.4) is 0 Å². The smallest absolute Gasteiger partial charge is 0.275 e. The Hall–Kier alpha value is -0.460. The minimum absolute atomic E-state index is 1.40. The van der Waals surface area contributed by atoms with Gasteiger partial charge in [0, 0.05) is 21.4 Å². The molecule has 0 atom stereocenters. The average Bonchev–Trinajstić information content (AvgIpc) is 1.88. The molecule has 0 fully saturated rings. The largest absolute Gasteiger partial charge is 0.317 e. The topological polar surface area (TPSA) is 65.0 Å². The molecule has 0 aromatic heterocycles. The maximum Gasteiger partial charge on any atom is 0.317 e. The number of oxime groups is 1. The lowest BCUT2D eigenvalue weighted by molar-refractivity contribution is -0.251. The van der Waals surface area contributed by atoms with Gasteiger partial charge in [-0.25, -0.2) is 0 Å². The molecule has 0 radical (unpaired) electrons. The highest BCUT2D eigenvalue weighted by atomic mass is 36.0. The van der Waals surface area contributed by atoms with Crippen LogP contribution in [-0.4, -0.2) is 14.6 Å². The predicted octanol–water partition coefficient (Wildman–Crippen LogP) is 1.16. The first-order valence-electron chi connectivity index (χ1n) is 2.15. The second-order valence-electron chi connectivity index (χ2n) is 1.13.